The van der Waals surface area contributed by atoms with Gasteiger partial charge in [-0.25, -0.2) is 0 Å². The predicted octanol–water partition coefficient (Wildman–Crippen LogP) is 4.10. The highest BCUT2D eigenvalue weighted by molar-refractivity contribution is 7.98. The third-order valence-corrected chi connectivity index (χ3v) is 4.66. The molecule has 0 spiro atoms. The summed E-state index contributed by atoms with van der Waals surface area (Å²) in [7, 11) is 3.16. The maximum absolute atomic E-state index is 5.71. The molecule has 2 heterocycles. The second kappa shape index (κ2) is 8.13. The summed E-state index contributed by atoms with van der Waals surface area (Å²) in [4.78, 5) is 4.38. The minimum Gasteiger partial charge on any atom is -0.493 e. The monoisotopic (exact) mass is 396 g/mol. The Morgan fingerprint density at radius 2 is 1.75 bits per heavy atom. The Morgan fingerprint density at radius 1 is 0.929 bits per heavy atom. The molecule has 0 N–H and O–H groups in total. The molecule has 4 rings (SSSR count). The summed E-state index contributed by atoms with van der Waals surface area (Å²) >= 11 is 1.32. The summed E-state index contributed by atoms with van der Waals surface area (Å²) in [5, 5.41) is 12.5. The molecule has 0 atom stereocenters. The third kappa shape index (κ3) is 3.84. The maximum Gasteiger partial charge on any atom is 0.277 e. The Morgan fingerprint density at radius 3 is 2.54 bits per heavy atom. The lowest BCUT2D eigenvalue weighted by Crippen LogP contribution is -1.90. The molecule has 0 aliphatic rings. The number of benzene rings is 2. The zero-order valence-electron chi connectivity index (χ0n) is 15.2. The number of rotatable bonds is 7. The third-order valence-electron chi connectivity index (χ3n) is 3.86. The van der Waals surface area contributed by atoms with E-state index < -0.39 is 0 Å². The lowest BCUT2D eigenvalue weighted by Gasteiger charge is -2.07. The molecular formula is C19H16N4O4S. The number of hydrogen-bond donors (Lipinski definition) is 0. The van der Waals surface area contributed by atoms with E-state index in [1.165, 1.54) is 11.8 Å². The number of hydrogen-bond acceptors (Lipinski definition) is 9. The van der Waals surface area contributed by atoms with Crippen molar-refractivity contribution in [1.82, 2.24) is 20.3 Å². The number of aromatic nitrogens is 4. The average Bonchev–Trinajstić information content (AvgIpc) is 3.42. The molecule has 2 aromatic carbocycles. The standard InChI is InChI=1S/C19H16N4O4S/c1-24-14-9-8-13(10-15(14)25-2)18-21-22-19(26-18)28-11-16-20-17(23-27-16)12-6-4-3-5-7-12/h3-10H,11H2,1-2H3. The first-order valence-corrected chi connectivity index (χ1v) is 9.32. The quantitative estimate of drug-likeness (QED) is 0.428. The van der Waals surface area contributed by atoms with Crippen LogP contribution in [0.1, 0.15) is 5.89 Å². The molecular weight excluding hydrogens is 380 g/mol. The number of thioether (sulfide) groups is 1. The van der Waals surface area contributed by atoms with Crippen molar-refractivity contribution in [2.45, 2.75) is 11.0 Å². The molecule has 0 saturated heterocycles. The van der Waals surface area contributed by atoms with Crippen molar-refractivity contribution in [3.63, 3.8) is 0 Å². The normalized spacial score (nSPS) is 10.8. The molecule has 0 aliphatic carbocycles. The lowest BCUT2D eigenvalue weighted by atomic mass is 10.2. The molecule has 28 heavy (non-hydrogen) atoms. The van der Waals surface area contributed by atoms with Gasteiger partial charge in [0.1, 0.15) is 0 Å². The van der Waals surface area contributed by atoms with E-state index in [1.807, 2.05) is 36.4 Å². The highest BCUT2D eigenvalue weighted by Gasteiger charge is 2.14. The summed E-state index contributed by atoms with van der Waals surface area (Å²) in [5.41, 5.74) is 1.64. The van der Waals surface area contributed by atoms with Gasteiger partial charge < -0.3 is 18.4 Å². The summed E-state index contributed by atoms with van der Waals surface area (Å²) in [5.74, 6) is 3.06. The van der Waals surface area contributed by atoms with E-state index in [1.54, 1.807) is 26.4 Å². The second-order valence-corrected chi connectivity index (χ2v) is 6.54. The van der Waals surface area contributed by atoms with Crippen LogP contribution in [0.2, 0.25) is 0 Å². The Bertz CT molecular complexity index is 1060. The van der Waals surface area contributed by atoms with E-state index >= 15 is 0 Å². The Balaban J connectivity index is 1.44. The van der Waals surface area contributed by atoms with Gasteiger partial charge in [-0.1, -0.05) is 47.3 Å². The van der Waals surface area contributed by atoms with Crippen LogP contribution in [0.3, 0.4) is 0 Å². The SMILES string of the molecule is COc1ccc(-c2nnc(SCc3nc(-c4ccccc4)no3)o2)cc1OC. The molecule has 4 aromatic rings. The molecule has 2 aromatic heterocycles. The van der Waals surface area contributed by atoms with Gasteiger partial charge in [0.05, 0.1) is 20.0 Å². The molecule has 0 amide bonds. The molecule has 0 aliphatic heterocycles. The van der Waals surface area contributed by atoms with Crippen LogP contribution >= 0.6 is 11.8 Å². The first-order valence-electron chi connectivity index (χ1n) is 8.33. The number of ether oxygens (including phenoxy) is 2. The number of methoxy groups -OCH3 is 2. The molecule has 0 fully saturated rings. The molecule has 0 saturated carbocycles. The van der Waals surface area contributed by atoms with Crippen LogP contribution in [-0.4, -0.2) is 34.6 Å². The van der Waals surface area contributed by atoms with Crippen molar-refractivity contribution in [3.05, 3.63) is 54.4 Å². The highest BCUT2D eigenvalue weighted by Crippen LogP contribution is 2.33. The van der Waals surface area contributed by atoms with E-state index in [-0.39, 0.29) is 0 Å². The maximum atomic E-state index is 5.71. The molecule has 9 heteroatoms. The van der Waals surface area contributed by atoms with Crippen LogP contribution in [0.25, 0.3) is 22.8 Å². The topological polar surface area (TPSA) is 96.3 Å². The van der Waals surface area contributed by atoms with Gasteiger partial charge in [-0.2, -0.15) is 4.98 Å². The van der Waals surface area contributed by atoms with E-state index in [0.29, 0.717) is 40.1 Å². The first-order chi connectivity index (χ1) is 13.8. The van der Waals surface area contributed by atoms with Gasteiger partial charge in [0, 0.05) is 11.1 Å². The molecule has 8 nitrogen and oxygen atoms in total. The van der Waals surface area contributed by atoms with Crippen LogP contribution in [0.5, 0.6) is 11.5 Å². The van der Waals surface area contributed by atoms with Crippen LogP contribution in [0, 0.1) is 0 Å². The van der Waals surface area contributed by atoms with Gasteiger partial charge in [0.2, 0.25) is 17.6 Å². The largest absolute Gasteiger partial charge is 0.493 e. The first kappa shape index (κ1) is 18.1. The van der Waals surface area contributed by atoms with Crippen molar-refractivity contribution < 1.29 is 18.4 Å². The van der Waals surface area contributed by atoms with Crippen LogP contribution < -0.4 is 9.47 Å². The van der Waals surface area contributed by atoms with Gasteiger partial charge in [-0.3, -0.25) is 0 Å². The molecule has 0 radical (unpaired) electrons. The van der Waals surface area contributed by atoms with Crippen molar-refractivity contribution in [2.75, 3.05) is 14.2 Å². The van der Waals surface area contributed by atoms with Crippen LogP contribution in [-0.2, 0) is 5.75 Å². The second-order valence-electron chi connectivity index (χ2n) is 5.61. The smallest absolute Gasteiger partial charge is 0.277 e. The van der Waals surface area contributed by atoms with Crippen molar-refractivity contribution in [2.24, 2.45) is 0 Å². The fourth-order valence-corrected chi connectivity index (χ4v) is 3.10. The van der Waals surface area contributed by atoms with Crippen molar-refractivity contribution in [3.8, 4) is 34.3 Å². The minimum atomic E-state index is 0.388. The van der Waals surface area contributed by atoms with Gasteiger partial charge in [0.25, 0.3) is 5.22 Å². The van der Waals surface area contributed by atoms with Crippen LogP contribution in [0.4, 0.5) is 0 Å². The minimum absolute atomic E-state index is 0.388. The van der Waals surface area contributed by atoms with Gasteiger partial charge in [0.15, 0.2) is 11.5 Å². The summed E-state index contributed by atoms with van der Waals surface area (Å²) in [6.07, 6.45) is 0. The predicted molar refractivity (Wildman–Crippen MR) is 102 cm³/mol. The van der Waals surface area contributed by atoms with E-state index in [4.69, 9.17) is 18.4 Å². The number of nitrogens with zero attached hydrogens (tertiary/aromatic N) is 4. The van der Waals surface area contributed by atoms with Crippen LogP contribution in [0.15, 0.2) is 62.7 Å². The lowest BCUT2D eigenvalue weighted by molar-refractivity contribution is 0.355. The summed E-state index contributed by atoms with van der Waals surface area (Å²) in [6.45, 7) is 0. The average molecular weight is 396 g/mol. The highest BCUT2D eigenvalue weighted by atomic mass is 32.2. The van der Waals surface area contributed by atoms with Gasteiger partial charge >= 0.3 is 0 Å². The molecule has 0 bridgehead atoms. The Labute approximate surface area is 164 Å². The zero-order valence-corrected chi connectivity index (χ0v) is 16.0. The van der Waals surface area contributed by atoms with Gasteiger partial charge in [-0.05, 0) is 18.2 Å². The van der Waals surface area contributed by atoms with E-state index in [2.05, 4.69) is 20.3 Å². The fraction of sp³-hybridized carbons (Fsp3) is 0.158. The van der Waals surface area contributed by atoms with Crippen molar-refractivity contribution >= 4 is 11.8 Å². The van der Waals surface area contributed by atoms with E-state index in [9.17, 15) is 0 Å². The van der Waals surface area contributed by atoms with Gasteiger partial charge in [-0.15, -0.1) is 10.2 Å². The summed E-state index contributed by atoms with van der Waals surface area (Å²) < 4.78 is 21.5. The summed E-state index contributed by atoms with van der Waals surface area (Å²) in [6, 6.07) is 15.0. The fourth-order valence-electron chi connectivity index (χ4n) is 2.50. The van der Waals surface area contributed by atoms with Crippen molar-refractivity contribution in [1.29, 1.82) is 0 Å². The Kier molecular flexibility index (Phi) is 5.24. The Hall–Kier alpha value is -3.33. The van der Waals surface area contributed by atoms with E-state index in [0.717, 1.165) is 11.1 Å². The molecule has 142 valence electrons. The zero-order chi connectivity index (χ0) is 19.3. The molecule has 0 unspecified atom stereocenters.